The van der Waals surface area contributed by atoms with E-state index in [1.807, 2.05) is 13.8 Å². The fourth-order valence-electron chi connectivity index (χ4n) is 1.38. The molecule has 0 aliphatic heterocycles. The average Bonchev–Trinajstić information content (AvgIpc) is 2.35. The smallest absolute Gasteiger partial charge is 0.338 e. The SMILES string of the molecule is CC(C)COC(=O)c1ccc(C(C)C(=O)O)cc1. The Bertz CT molecular complexity index is 420. The first kappa shape index (κ1) is 14.2. The van der Waals surface area contributed by atoms with Gasteiger partial charge in [0.1, 0.15) is 0 Å². The van der Waals surface area contributed by atoms with Crippen molar-refractivity contribution in [1.82, 2.24) is 0 Å². The zero-order valence-electron chi connectivity index (χ0n) is 10.8. The van der Waals surface area contributed by atoms with E-state index in [1.54, 1.807) is 31.2 Å². The van der Waals surface area contributed by atoms with Crippen molar-refractivity contribution in [3.8, 4) is 0 Å². The van der Waals surface area contributed by atoms with Crippen molar-refractivity contribution >= 4 is 11.9 Å². The first-order chi connectivity index (χ1) is 8.41. The van der Waals surface area contributed by atoms with Gasteiger partial charge in [0.2, 0.25) is 0 Å². The highest BCUT2D eigenvalue weighted by molar-refractivity contribution is 5.89. The molecule has 1 aromatic carbocycles. The fraction of sp³-hybridized carbons (Fsp3) is 0.429. The van der Waals surface area contributed by atoms with Crippen molar-refractivity contribution in [2.24, 2.45) is 5.92 Å². The summed E-state index contributed by atoms with van der Waals surface area (Å²) in [6.07, 6.45) is 0. The van der Waals surface area contributed by atoms with Crippen LogP contribution in [0.25, 0.3) is 0 Å². The van der Waals surface area contributed by atoms with Gasteiger partial charge in [0.25, 0.3) is 0 Å². The van der Waals surface area contributed by atoms with Crippen LogP contribution >= 0.6 is 0 Å². The van der Waals surface area contributed by atoms with Crippen LogP contribution in [0.2, 0.25) is 0 Å². The van der Waals surface area contributed by atoms with Crippen LogP contribution in [-0.2, 0) is 9.53 Å². The molecule has 18 heavy (non-hydrogen) atoms. The number of esters is 1. The van der Waals surface area contributed by atoms with E-state index in [-0.39, 0.29) is 5.97 Å². The lowest BCUT2D eigenvalue weighted by Crippen LogP contribution is -2.11. The summed E-state index contributed by atoms with van der Waals surface area (Å²) in [5.74, 6) is -1.55. The lowest BCUT2D eigenvalue weighted by molar-refractivity contribution is -0.138. The third-order valence-corrected chi connectivity index (χ3v) is 2.56. The predicted molar refractivity (Wildman–Crippen MR) is 67.6 cm³/mol. The number of rotatable bonds is 5. The summed E-state index contributed by atoms with van der Waals surface area (Å²) >= 11 is 0. The molecule has 0 heterocycles. The second-order valence-corrected chi connectivity index (χ2v) is 4.67. The molecule has 1 atom stereocenters. The Morgan fingerprint density at radius 2 is 1.72 bits per heavy atom. The van der Waals surface area contributed by atoms with Crippen LogP contribution in [-0.4, -0.2) is 23.7 Å². The minimum absolute atomic E-state index is 0.292. The molecular formula is C14H18O4. The van der Waals surface area contributed by atoms with Crippen LogP contribution in [0.15, 0.2) is 24.3 Å². The minimum atomic E-state index is -0.884. The number of ether oxygens (including phenoxy) is 1. The Morgan fingerprint density at radius 3 is 2.17 bits per heavy atom. The molecule has 4 nitrogen and oxygen atoms in total. The van der Waals surface area contributed by atoms with E-state index in [0.717, 1.165) is 0 Å². The maximum Gasteiger partial charge on any atom is 0.338 e. The highest BCUT2D eigenvalue weighted by atomic mass is 16.5. The lowest BCUT2D eigenvalue weighted by atomic mass is 10.0. The normalized spacial score (nSPS) is 12.2. The van der Waals surface area contributed by atoms with Gasteiger partial charge in [0, 0.05) is 0 Å². The Kier molecular flexibility index (Phi) is 4.89. The molecular weight excluding hydrogens is 232 g/mol. The number of aliphatic carboxylic acids is 1. The van der Waals surface area contributed by atoms with Crippen molar-refractivity contribution in [2.45, 2.75) is 26.7 Å². The van der Waals surface area contributed by atoms with Gasteiger partial charge in [-0.25, -0.2) is 4.79 Å². The van der Waals surface area contributed by atoms with Gasteiger partial charge >= 0.3 is 11.9 Å². The van der Waals surface area contributed by atoms with Gasteiger partial charge in [0.05, 0.1) is 18.1 Å². The maximum atomic E-state index is 11.6. The highest BCUT2D eigenvalue weighted by Crippen LogP contribution is 2.16. The van der Waals surface area contributed by atoms with Gasteiger partial charge in [-0.15, -0.1) is 0 Å². The van der Waals surface area contributed by atoms with E-state index in [2.05, 4.69) is 0 Å². The van der Waals surface area contributed by atoms with Gasteiger partial charge in [-0.3, -0.25) is 4.79 Å². The fourth-order valence-corrected chi connectivity index (χ4v) is 1.38. The standard InChI is InChI=1S/C14H18O4/c1-9(2)8-18-14(17)12-6-4-11(5-7-12)10(3)13(15)16/h4-7,9-10H,8H2,1-3H3,(H,15,16). The molecule has 0 aromatic heterocycles. The first-order valence-electron chi connectivity index (χ1n) is 5.91. The number of carboxylic acids is 1. The van der Waals surface area contributed by atoms with Gasteiger partial charge in [0.15, 0.2) is 0 Å². The van der Waals surface area contributed by atoms with Crippen LogP contribution in [0.4, 0.5) is 0 Å². The molecule has 98 valence electrons. The molecule has 0 aliphatic rings. The van der Waals surface area contributed by atoms with E-state index in [4.69, 9.17) is 9.84 Å². The molecule has 1 rings (SSSR count). The van der Waals surface area contributed by atoms with Crippen molar-refractivity contribution in [1.29, 1.82) is 0 Å². The van der Waals surface area contributed by atoms with E-state index in [0.29, 0.717) is 23.7 Å². The van der Waals surface area contributed by atoms with Gasteiger partial charge in [-0.1, -0.05) is 26.0 Å². The predicted octanol–water partition coefficient (Wildman–Crippen LogP) is 2.69. The first-order valence-corrected chi connectivity index (χ1v) is 5.91. The maximum absolute atomic E-state index is 11.6. The van der Waals surface area contributed by atoms with Crippen LogP contribution < -0.4 is 0 Å². The number of hydrogen-bond donors (Lipinski definition) is 1. The molecule has 4 heteroatoms. The lowest BCUT2D eigenvalue weighted by Gasteiger charge is -2.09. The topological polar surface area (TPSA) is 63.6 Å². The largest absolute Gasteiger partial charge is 0.481 e. The van der Waals surface area contributed by atoms with Crippen molar-refractivity contribution in [3.05, 3.63) is 35.4 Å². The molecule has 0 spiro atoms. The molecule has 1 aromatic rings. The Morgan fingerprint density at radius 1 is 1.17 bits per heavy atom. The molecule has 0 radical (unpaired) electrons. The second-order valence-electron chi connectivity index (χ2n) is 4.67. The zero-order chi connectivity index (χ0) is 13.7. The molecule has 0 bridgehead atoms. The van der Waals surface area contributed by atoms with Gasteiger partial charge < -0.3 is 9.84 Å². The summed E-state index contributed by atoms with van der Waals surface area (Å²) < 4.78 is 5.08. The number of carbonyl (C=O) groups is 2. The molecule has 0 aliphatic carbocycles. The summed E-state index contributed by atoms with van der Waals surface area (Å²) in [5.41, 5.74) is 1.11. The Labute approximate surface area is 107 Å². The third-order valence-electron chi connectivity index (χ3n) is 2.56. The van der Waals surface area contributed by atoms with E-state index in [9.17, 15) is 9.59 Å². The summed E-state index contributed by atoms with van der Waals surface area (Å²) in [6, 6.07) is 6.48. The number of hydrogen-bond acceptors (Lipinski definition) is 3. The molecule has 0 saturated carbocycles. The summed E-state index contributed by atoms with van der Waals surface area (Å²) in [5, 5.41) is 8.87. The second kappa shape index (κ2) is 6.19. The monoisotopic (exact) mass is 250 g/mol. The number of carboxylic acid groups (broad SMARTS) is 1. The number of carbonyl (C=O) groups excluding carboxylic acids is 1. The molecule has 0 amide bonds. The Hall–Kier alpha value is -1.84. The zero-order valence-corrected chi connectivity index (χ0v) is 10.8. The average molecular weight is 250 g/mol. The Balaban J connectivity index is 2.70. The molecule has 1 unspecified atom stereocenters. The van der Waals surface area contributed by atoms with E-state index < -0.39 is 11.9 Å². The minimum Gasteiger partial charge on any atom is -0.481 e. The molecule has 0 saturated heterocycles. The van der Waals surface area contributed by atoms with Crippen LogP contribution in [0.1, 0.15) is 42.6 Å². The van der Waals surface area contributed by atoms with Crippen LogP contribution in [0.5, 0.6) is 0 Å². The van der Waals surface area contributed by atoms with Gasteiger partial charge in [-0.05, 0) is 30.5 Å². The van der Waals surface area contributed by atoms with E-state index >= 15 is 0 Å². The molecule has 1 N–H and O–H groups in total. The summed E-state index contributed by atoms with van der Waals surface area (Å²) in [4.78, 5) is 22.4. The van der Waals surface area contributed by atoms with Crippen molar-refractivity contribution in [3.63, 3.8) is 0 Å². The van der Waals surface area contributed by atoms with E-state index in [1.165, 1.54) is 0 Å². The highest BCUT2D eigenvalue weighted by Gasteiger charge is 2.14. The quantitative estimate of drug-likeness (QED) is 0.816. The molecule has 0 fully saturated rings. The number of benzene rings is 1. The summed E-state index contributed by atoms with van der Waals surface area (Å²) in [6.45, 7) is 5.91. The van der Waals surface area contributed by atoms with Crippen LogP contribution in [0, 0.1) is 5.92 Å². The third kappa shape index (κ3) is 3.87. The van der Waals surface area contributed by atoms with Crippen molar-refractivity contribution in [2.75, 3.05) is 6.61 Å². The summed E-state index contributed by atoms with van der Waals surface area (Å²) in [7, 11) is 0. The van der Waals surface area contributed by atoms with Gasteiger partial charge in [-0.2, -0.15) is 0 Å². The van der Waals surface area contributed by atoms with Crippen molar-refractivity contribution < 1.29 is 19.4 Å². The van der Waals surface area contributed by atoms with Crippen LogP contribution in [0.3, 0.4) is 0 Å².